The van der Waals surface area contributed by atoms with Crippen molar-refractivity contribution in [3.63, 3.8) is 0 Å². The molecule has 2 aliphatic heterocycles. The van der Waals surface area contributed by atoms with Gasteiger partial charge in [-0.1, -0.05) is 23.2 Å². The van der Waals surface area contributed by atoms with Gasteiger partial charge in [-0.3, -0.25) is 4.79 Å². The number of rotatable bonds is 2. The van der Waals surface area contributed by atoms with Crippen LogP contribution in [0, 0.1) is 11.7 Å². The Kier molecular flexibility index (Phi) is 5.42. The van der Waals surface area contributed by atoms with Gasteiger partial charge < -0.3 is 15.0 Å². The Bertz CT molecular complexity index is 594. The van der Waals surface area contributed by atoms with Crippen LogP contribution in [0.1, 0.15) is 24.5 Å². The summed E-state index contributed by atoms with van der Waals surface area (Å²) < 4.78 is 19.4. The molecule has 1 unspecified atom stereocenters. The molecule has 0 aromatic heterocycles. The standard InChI is InChI=1S/C16H19Cl2FN2O2/c17-12-8-13(18)14(19)7-11(12)15-9-21(5-6-23-15)16(22)10-1-3-20-4-2-10/h7-8,10,15,20H,1-6,9H2. The van der Waals surface area contributed by atoms with Crippen molar-refractivity contribution in [2.75, 3.05) is 32.8 Å². The van der Waals surface area contributed by atoms with Crippen LogP contribution in [-0.2, 0) is 9.53 Å². The second-order valence-corrected chi connectivity index (χ2v) is 6.77. The van der Waals surface area contributed by atoms with Crippen LogP contribution in [0.3, 0.4) is 0 Å². The van der Waals surface area contributed by atoms with Gasteiger partial charge in [-0.2, -0.15) is 0 Å². The second kappa shape index (κ2) is 7.34. The highest BCUT2D eigenvalue weighted by molar-refractivity contribution is 6.35. The minimum Gasteiger partial charge on any atom is -0.370 e. The van der Waals surface area contributed by atoms with E-state index in [1.54, 1.807) is 0 Å². The fourth-order valence-electron chi connectivity index (χ4n) is 3.15. The van der Waals surface area contributed by atoms with Crippen molar-refractivity contribution in [3.8, 4) is 0 Å². The molecular weight excluding hydrogens is 342 g/mol. The van der Waals surface area contributed by atoms with Crippen LogP contribution in [0.4, 0.5) is 4.39 Å². The number of nitrogens with one attached hydrogen (secondary N) is 1. The number of carbonyl (C=O) groups is 1. The summed E-state index contributed by atoms with van der Waals surface area (Å²) in [5.41, 5.74) is 0.538. The number of carbonyl (C=O) groups excluding carboxylic acids is 1. The topological polar surface area (TPSA) is 41.6 Å². The van der Waals surface area contributed by atoms with Gasteiger partial charge in [0.2, 0.25) is 5.91 Å². The van der Waals surface area contributed by atoms with E-state index in [-0.39, 0.29) is 16.8 Å². The predicted molar refractivity (Wildman–Crippen MR) is 87.3 cm³/mol. The van der Waals surface area contributed by atoms with Gasteiger partial charge in [0, 0.05) is 23.0 Å². The van der Waals surface area contributed by atoms with Crippen molar-refractivity contribution in [2.24, 2.45) is 5.92 Å². The fraction of sp³-hybridized carbons (Fsp3) is 0.562. The van der Waals surface area contributed by atoms with E-state index in [9.17, 15) is 9.18 Å². The Balaban J connectivity index is 1.73. The van der Waals surface area contributed by atoms with Crippen LogP contribution in [0.2, 0.25) is 10.0 Å². The Hall–Kier alpha value is -0.880. The minimum atomic E-state index is -0.531. The molecule has 2 aliphatic rings. The van der Waals surface area contributed by atoms with Crippen LogP contribution in [0.15, 0.2) is 12.1 Å². The van der Waals surface area contributed by atoms with Gasteiger partial charge in [0.15, 0.2) is 0 Å². The maximum absolute atomic E-state index is 13.7. The predicted octanol–water partition coefficient (Wildman–Crippen LogP) is 3.03. The molecule has 1 N–H and O–H groups in total. The maximum atomic E-state index is 13.7. The molecule has 2 heterocycles. The highest BCUT2D eigenvalue weighted by atomic mass is 35.5. The van der Waals surface area contributed by atoms with E-state index in [0.717, 1.165) is 25.9 Å². The summed E-state index contributed by atoms with van der Waals surface area (Å²) in [7, 11) is 0. The SMILES string of the molecule is O=C(C1CCNCC1)N1CCOC(c2cc(F)c(Cl)cc2Cl)C1. The van der Waals surface area contributed by atoms with Crippen molar-refractivity contribution < 1.29 is 13.9 Å². The van der Waals surface area contributed by atoms with Crippen LogP contribution >= 0.6 is 23.2 Å². The third-order valence-electron chi connectivity index (χ3n) is 4.45. The minimum absolute atomic E-state index is 0.0165. The molecule has 0 bridgehead atoms. The lowest BCUT2D eigenvalue weighted by Crippen LogP contribution is -2.47. The van der Waals surface area contributed by atoms with Crippen molar-refractivity contribution >= 4 is 29.1 Å². The number of morpholine rings is 1. The van der Waals surface area contributed by atoms with Crippen LogP contribution in [0.5, 0.6) is 0 Å². The first-order chi connectivity index (χ1) is 11.1. The van der Waals surface area contributed by atoms with Gasteiger partial charge in [0.25, 0.3) is 0 Å². The molecule has 2 saturated heterocycles. The summed E-state index contributed by atoms with van der Waals surface area (Å²) >= 11 is 11.9. The lowest BCUT2D eigenvalue weighted by atomic mass is 9.96. The second-order valence-electron chi connectivity index (χ2n) is 5.96. The molecule has 126 valence electrons. The quantitative estimate of drug-likeness (QED) is 0.824. The van der Waals surface area contributed by atoms with Crippen molar-refractivity contribution in [1.82, 2.24) is 10.2 Å². The third kappa shape index (κ3) is 3.79. The number of hydrogen-bond acceptors (Lipinski definition) is 3. The summed E-state index contributed by atoms with van der Waals surface area (Å²) in [6.07, 6.45) is 1.29. The molecule has 23 heavy (non-hydrogen) atoms. The summed E-state index contributed by atoms with van der Waals surface area (Å²) in [5.74, 6) is -0.311. The first-order valence-electron chi connectivity index (χ1n) is 7.82. The van der Waals surface area contributed by atoms with Crippen LogP contribution < -0.4 is 5.32 Å². The molecule has 0 spiro atoms. The first-order valence-corrected chi connectivity index (χ1v) is 8.57. The van der Waals surface area contributed by atoms with Gasteiger partial charge >= 0.3 is 0 Å². The van der Waals surface area contributed by atoms with E-state index in [4.69, 9.17) is 27.9 Å². The summed E-state index contributed by atoms with van der Waals surface area (Å²) in [6.45, 7) is 3.12. The first kappa shape index (κ1) is 17.0. The molecule has 7 heteroatoms. The number of hydrogen-bond donors (Lipinski definition) is 1. The van der Waals surface area contributed by atoms with Crippen LogP contribution in [-0.4, -0.2) is 43.6 Å². The molecular formula is C16H19Cl2FN2O2. The monoisotopic (exact) mass is 360 g/mol. The van der Waals surface area contributed by atoms with Crippen molar-refractivity contribution in [1.29, 1.82) is 0 Å². The number of nitrogens with zero attached hydrogens (tertiary/aromatic N) is 1. The molecule has 1 atom stereocenters. The number of benzene rings is 1. The van der Waals surface area contributed by atoms with E-state index < -0.39 is 11.9 Å². The van der Waals surface area contributed by atoms with Gasteiger partial charge in [-0.05, 0) is 38.1 Å². The van der Waals surface area contributed by atoms with E-state index in [1.807, 2.05) is 4.90 Å². The van der Waals surface area contributed by atoms with Gasteiger partial charge in [-0.15, -0.1) is 0 Å². The smallest absolute Gasteiger partial charge is 0.225 e. The molecule has 0 aliphatic carbocycles. The van der Waals surface area contributed by atoms with Crippen molar-refractivity contribution in [3.05, 3.63) is 33.6 Å². The van der Waals surface area contributed by atoms with Gasteiger partial charge in [-0.25, -0.2) is 4.39 Å². The highest BCUT2D eigenvalue weighted by Crippen LogP contribution is 2.33. The maximum Gasteiger partial charge on any atom is 0.225 e. The van der Waals surface area contributed by atoms with Crippen LogP contribution in [0.25, 0.3) is 0 Å². The Morgan fingerprint density at radius 1 is 1.26 bits per heavy atom. The molecule has 0 saturated carbocycles. The highest BCUT2D eigenvalue weighted by Gasteiger charge is 2.31. The average Bonchev–Trinajstić information content (AvgIpc) is 2.58. The largest absolute Gasteiger partial charge is 0.370 e. The van der Waals surface area contributed by atoms with E-state index in [1.165, 1.54) is 12.1 Å². The Morgan fingerprint density at radius 3 is 2.74 bits per heavy atom. The zero-order valence-electron chi connectivity index (χ0n) is 12.7. The number of piperidine rings is 1. The Labute approximate surface area is 144 Å². The fourth-order valence-corrected chi connectivity index (χ4v) is 3.65. The molecule has 0 radical (unpaired) electrons. The number of halogens is 3. The lowest BCUT2D eigenvalue weighted by Gasteiger charge is -2.36. The van der Waals surface area contributed by atoms with Crippen molar-refractivity contribution in [2.45, 2.75) is 18.9 Å². The average molecular weight is 361 g/mol. The molecule has 1 amide bonds. The van der Waals surface area contributed by atoms with E-state index in [0.29, 0.717) is 30.3 Å². The zero-order valence-corrected chi connectivity index (χ0v) is 14.2. The summed E-state index contributed by atoms with van der Waals surface area (Å²) in [6, 6.07) is 2.68. The molecule has 2 fully saturated rings. The molecule has 1 aromatic rings. The van der Waals surface area contributed by atoms with Gasteiger partial charge in [0.05, 0.1) is 18.2 Å². The number of ether oxygens (including phenoxy) is 1. The normalized spacial score (nSPS) is 23.1. The van der Waals surface area contributed by atoms with E-state index >= 15 is 0 Å². The third-order valence-corrected chi connectivity index (χ3v) is 5.07. The Morgan fingerprint density at radius 2 is 2.00 bits per heavy atom. The lowest BCUT2D eigenvalue weighted by molar-refractivity contribution is -0.144. The summed E-state index contributed by atoms with van der Waals surface area (Å²) in [4.78, 5) is 14.5. The van der Waals surface area contributed by atoms with E-state index in [2.05, 4.69) is 5.32 Å². The van der Waals surface area contributed by atoms with Gasteiger partial charge in [0.1, 0.15) is 11.9 Å². The zero-order chi connectivity index (χ0) is 16.4. The number of amides is 1. The molecule has 1 aromatic carbocycles. The summed E-state index contributed by atoms with van der Waals surface area (Å²) in [5, 5.41) is 3.60. The molecule has 4 nitrogen and oxygen atoms in total. The molecule has 3 rings (SSSR count).